The number of unbranched alkanes of at least 4 members (excludes halogenated alkanes) is 1. The predicted molar refractivity (Wildman–Crippen MR) is 64.2 cm³/mol. The zero-order valence-corrected chi connectivity index (χ0v) is 9.77. The summed E-state index contributed by atoms with van der Waals surface area (Å²) in [5, 5.41) is 20.8. The molecule has 17 heavy (non-hydrogen) atoms. The molecule has 0 heterocycles. The Bertz CT molecular complexity index is 379. The Hall–Kier alpha value is -1.75. The number of carbonyl (C=O) groups excluding carboxylic acids is 1. The summed E-state index contributed by atoms with van der Waals surface area (Å²) in [5.74, 6) is 0.215. The van der Waals surface area contributed by atoms with Gasteiger partial charge in [-0.3, -0.25) is 4.79 Å². The fourth-order valence-electron chi connectivity index (χ4n) is 1.39. The number of anilines is 1. The first-order chi connectivity index (χ1) is 8.17. The third-order valence-corrected chi connectivity index (χ3v) is 2.27. The molecule has 0 unspecified atom stereocenters. The van der Waals surface area contributed by atoms with E-state index in [1.54, 1.807) is 12.1 Å². The Balaban J connectivity index is 2.51. The number of nitrogens with one attached hydrogen (secondary N) is 1. The van der Waals surface area contributed by atoms with E-state index < -0.39 is 0 Å². The molecule has 94 valence electrons. The van der Waals surface area contributed by atoms with Crippen LogP contribution < -0.4 is 10.1 Å². The van der Waals surface area contributed by atoms with E-state index in [0.29, 0.717) is 30.7 Å². The van der Waals surface area contributed by atoms with Gasteiger partial charge in [0, 0.05) is 24.8 Å². The summed E-state index contributed by atoms with van der Waals surface area (Å²) in [5.41, 5.74) is 0.525. The zero-order chi connectivity index (χ0) is 12.7. The van der Waals surface area contributed by atoms with Crippen LogP contribution in [0.2, 0.25) is 0 Å². The highest BCUT2D eigenvalue weighted by atomic mass is 16.5. The third kappa shape index (κ3) is 4.32. The lowest BCUT2D eigenvalue weighted by atomic mass is 10.2. The molecule has 1 aromatic carbocycles. The summed E-state index contributed by atoms with van der Waals surface area (Å²) in [6, 6.07) is 4.67. The van der Waals surface area contributed by atoms with Crippen LogP contribution >= 0.6 is 0 Å². The van der Waals surface area contributed by atoms with Crippen LogP contribution in [0.1, 0.15) is 19.3 Å². The van der Waals surface area contributed by atoms with Gasteiger partial charge in [0.05, 0.1) is 7.11 Å². The standard InChI is InChI=1S/C12H17NO4/c1-17-11-6-5-9(8-10(11)15)13-12(16)4-2-3-7-14/h5-6,8,14-15H,2-4,7H2,1H3,(H,13,16). The molecule has 1 rings (SSSR count). The van der Waals surface area contributed by atoms with E-state index >= 15 is 0 Å². The maximum absolute atomic E-state index is 11.4. The van der Waals surface area contributed by atoms with E-state index in [-0.39, 0.29) is 18.3 Å². The molecule has 0 atom stereocenters. The molecular formula is C12H17NO4. The average Bonchev–Trinajstić information content (AvgIpc) is 2.29. The van der Waals surface area contributed by atoms with Crippen molar-refractivity contribution in [3.63, 3.8) is 0 Å². The molecule has 0 saturated heterocycles. The minimum Gasteiger partial charge on any atom is -0.504 e. The van der Waals surface area contributed by atoms with Gasteiger partial charge in [-0.25, -0.2) is 0 Å². The Labute approximate surface area is 100 Å². The maximum atomic E-state index is 11.4. The number of rotatable bonds is 6. The Morgan fingerprint density at radius 3 is 2.76 bits per heavy atom. The van der Waals surface area contributed by atoms with Crippen molar-refractivity contribution in [2.24, 2.45) is 0 Å². The van der Waals surface area contributed by atoms with Crippen LogP contribution in [0.3, 0.4) is 0 Å². The minimum absolute atomic E-state index is 0.0133. The van der Waals surface area contributed by atoms with Gasteiger partial charge in [0.15, 0.2) is 11.5 Å². The zero-order valence-electron chi connectivity index (χ0n) is 9.77. The smallest absolute Gasteiger partial charge is 0.224 e. The molecule has 5 nitrogen and oxygen atoms in total. The Morgan fingerprint density at radius 2 is 2.18 bits per heavy atom. The molecule has 0 saturated carbocycles. The van der Waals surface area contributed by atoms with E-state index in [9.17, 15) is 9.90 Å². The van der Waals surface area contributed by atoms with Gasteiger partial charge >= 0.3 is 0 Å². The largest absolute Gasteiger partial charge is 0.504 e. The number of aromatic hydroxyl groups is 1. The van der Waals surface area contributed by atoms with Crippen molar-refractivity contribution in [3.8, 4) is 11.5 Å². The molecule has 0 aliphatic carbocycles. The van der Waals surface area contributed by atoms with Crippen molar-refractivity contribution in [2.75, 3.05) is 19.0 Å². The lowest BCUT2D eigenvalue weighted by molar-refractivity contribution is -0.116. The van der Waals surface area contributed by atoms with Crippen molar-refractivity contribution in [1.82, 2.24) is 0 Å². The van der Waals surface area contributed by atoms with Gasteiger partial charge in [0.2, 0.25) is 5.91 Å². The number of ether oxygens (including phenoxy) is 1. The van der Waals surface area contributed by atoms with Gasteiger partial charge in [-0.2, -0.15) is 0 Å². The van der Waals surface area contributed by atoms with Gasteiger partial charge in [-0.1, -0.05) is 0 Å². The number of benzene rings is 1. The first-order valence-electron chi connectivity index (χ1n) is 5.45. The number of phenols is 1. The van der Waals surface area contributed by atoms with Crippen LogP contribution in [0.5, 0.6) is 11.5 Å². The predicted octanol–water partition coefficient (Wildman–Crippen LogP) is 1.50. The van der Waals surface area contributed by atoms with Gasteiger partial charge in [0.1, 0.15) is 0 Å². The lowest BCUT2D eigenvalue weighted by Crippen LogP contribution is -2.11. The molecule has 3 N–H and O–H groups in total. The number of aliphatic hydroxyl groups is 1. The summed E-state index contributed by atoms with van der Waals surface area (Å²) < 4.78 is 4.89. The van der Waals surface area contributed by atoms with Crippen LogP contribution in [0.25, 0.3) is 0 Å². The quantitative estimate of drug-likeness (QED) is 0.657. The highest BCUT2D eigenvalue weighted by Gasteiger charge is 2.05. The van der Waals surface area contributed by atoms with E-state index in [4.69, 9.17) is 9.84 Å². The number of hydrogen-bond acceptors (Lipinski definition) is 4. The average molecular weight is 239 g/mol. The summed E-state index contributed by atoms with van der Waals surface area (Å²) in [6.45, 7) is 0.0939. The fraction of sp³-hybridized carbons (Fsp3) is 0.417. The second-order valence-electron chi connectivity index (χ2n) is 3.62. The summed E-state index contributed by atoms with van der Waals surface area (Å²) >= 11 is 0. The van der Waals surface area contributed by atoms with E-state index in [1.807, 2.05) is 0 Å². The molecule has 0 spiro atoms. The third-order valence-electron chi connectivity index (χ3n) is 2.27. The number of hydrogen-bond donors (Lipinski definition) is 3. The topological polar surface area (TPSA) is 78.8 Å². The molecular weight excluding hydrogens is 222 g/mol. The van der Waals surface area contributed by atoms with E-state index in [1.165, 1.54) is 13.2 Å². The number of amides is 1. The summed E-state index contributed by atoms with van der Waals surface area (Å²) in [6.07, 6.45) is 1.61. The number of aliphatic hydroxyl groups excluding tert-OH is 1. The molecule has 0 aromatic heterocycles. The van der Waals surface area contributed by atoms with Crippen molar-refractivity contribution in [2.45, 2.75) is 19.3 Å². The second-order valence-corrected chi connectivity index (χ2v) is 3.62. The molecule has 5 heteroatoms. The summed E-state index contributed by atoms with van der Waals surface area (Å²) in [4.78, 5) is 11.4. The van der Waals surface area contributed by atoms with E-state index in [2.05, 4.69) is 5.32 Å². The molecule has 0 radical (unpaired) electrons. The minimum atomic E-state index is -0.136. The highest BCUT2D eigenvalue weighted by molar-refractivity contribution is 5.91. The van der Waals surface area contributed by atoms with Gasteiger partial charge in [0.25, 0.3) is 0 Å². The first kappa shape index (κ1) is 13.3. The monoisotopic (exact) mass is 239 g/mol. The Kier molecular flexibility index (Phi) is 5.29. The number of carbonyl (C=O) groups is 1. The fourth-order valence-corrected chi connectivity index (χ4v) is 1.39. The lowest BCUT2D eigenvalue weighted by Gasteiger charge is -2.07. The van der Waals surface area contributed by atoms with Crippen molar-refractivity contribution >= 4 is 11.6 Å². The van der Waals surface area contributed by atoms with Crippen LogP contribution in [-0.4, -0.2) is 29.8 Å². The van der Waals surface area contributed by atoms with Crippen molar-refractivity contribution < 1.29 is 19.7 Å². The summed E-state index contributed by atoms with van der Waals surface area (Å²) in [7, 11) is 1.46. The second kappa shape index (κ2) is 6.75. The van der Waals surface area contributed by atoms with Crippen LogP contribution in [0.4, 0.5) is 5.69 Å². The number of phenolic OH excluding ortho intramolecular Hbond substituents is 1. The highest BCUT2D eigenvalue weighted by Crippen LogP contribution is 2.28. The molecule has 0 aliphatic heterocycles. The Morgan fingerprint density at radius 1 is 1.41 bits per heavy atom. The maximum Gasteiger partial charge on any atom is 0.224 e. The molecule has 0 aliphatic rings. The van der Waals surface area contributed by atoms with Crippen LogP contribution in [-0.2, 0) is 4.79 Å². The molecule has 1 amide bonds. The van der Waals surface area contributed by atoms with Gasteiger partial charge in [-0.05, 0) is 25.0 Å². The van der Waals surface area contributed by atoms with Crippen LogP contribution in [0.15, 0.2) is 18.2 Å². The molecule has 0 fully saturated rings. The SMILES string of the molecule is COc1ccc(NC(=O)CCCCO)cc1O. The van der Waals surface area contributed by atoms with Crippen LogP contribution in [0, 0.1) is 0 Å². The van der Waals surface area contributed by atoms with Gasteiger partial charge in [-0.15, -0.1) is 0 Å². The van der Waals surface area contributed by atoms with Crippen molar-refractivity contribution in [3.05, 3.63) is 18.2 Å². The molecule has 1 aromatic rings. The van der Waals surface area contributed by atoms with Crippen molar-refractivity contribution in [1.29, 1.82) is 0 Å². The normalized spacial score (nSPS) is 10.0. The number of methoxy groups -OCH3 is 1. The molecule has 0 bridgehead atoms. The van der Waals surface area contributed by atoms with E-state index in [0.717, 1.165) is 0 Å². The van der Waals surface area contributed by atoms with Gasteiger partial charge < -0.3 is 20.3 Å². The first-order valence-corrected chi connectivity index (χ1v) is 5.45.